The molecule has 0 aromatic heterocycles. The van der Waals surface area contributed by atoms with Crippen molar-refractivity contribution in [2.75, 3.05) is 19.0 Å². The molecule has 0 spiro atoms. The fourth-order valence-corrected chi connectivity index (χ4v) is 3.86. The lowest BCUT2D eigenvalue weighted by Gasteiger charge is -2.12. The first kappa shape index (κ1) is 19.6. The van der Waals surface area contributed by atoms with E-state index in [0.29, 0.717) is 10.6 Å². The lowest BCUT2D eigenvalue weighted by atomic mass is 10.2. The summed E-state index contributed by atoms with van der Waals surface area (Å²) in [4.78, 5) is 49.8. The van der Waals surface area contributed by atoms with Gasteiger partial charge in [0.15, 0.2) is 6.61 Å². The van der Waals surface area contributed by atoms with Gasteiger partial charge in [0, 0.05) is 24.1 Å². The van der Waals surface area contributed by atoms with Gasteiger partial charge in [0.2, 0.25) is 11.8 Å². The number of anilines is 1. The predicted octanol–water partition coefficient (Wildman–Crippen LogP) is 2.33. The molecule has 1 N–H and O–H groups in total. The number of benzene rings is 2. The predicted molar refractivity (Wildman–Crippen MR) is 104 cm³/mol. The van der Waals surface area contributed by atoms with Crippen LogP contribution in [0.5, 0.6) is 0 Å². The highest BCUT2D eigenvalue weighted by molar-refractivity contribution is 8.00. The molecule has 8 heteroatoms. The third-order valence-electron chi connectivity index (χ3n) is 4.11. The Kier molecular flexibility index (Phi) is 6.10. The molecule has 3 amide bonds. The zero-order valence-corrected chi connectivity index (χ0v) is 15.9. The first-order valence-corrected chi connectivity index (χ1v) is 9.42. The van der Waals surface area contributed by atoms with E-state index in [-0.39, 0.29) is 23.8 Å². The molecule has 144 valence electrons. The number of nitrogens with zero attached hydrogens (tertiary/aromatic N) is 1. The van der Waals surface area contributed by atoms with Crippen molar-refractivity contribution in [2.45, 2.75) is 16.6 Å². The van der Waals surface area contributed by atoms with Crippen LogP contribution in [-0.2, 0) is 19.1 Å². The minimum atomic E-state index is -0.670. The topological polar surface area (TPSA) is 92.8 Å². The molecule has 0 radical (unpaired) electrons. The van der Waals surface area contributed by atoms with Gasteiger partial charge in [-0.15, -0.1) is 11.8 Å². The molecule has 28 heavy (non-hydrogen) atoms. The molecule has 1 saturated heterocycles. The molecule has 7 nitrogen and oxygen atoms in total. The Balaban J connectivity index is 1.62. The van der Waals surface area contributed by atoms with Gasteiger partial charge in [-0.05, 0) is 24.3 Å². The molecule has 2 aromatic carbocycles. The van der Waals surface area contributed by atoms with Crippen molar-refractivity contribution in [1.82, 2.24) is 4.90 Å². The summed E-state index contributed by atoms with van der Waals surface area (Å²) in [7, 11) is 1.44. The fourth-order valence-electron chi connectivity index (χ4n) is 2.63. The zero-order chi connectivity index (χ0) is 20.1. The highest BCUT2D eigenvalue weighted by atomic mass is 32.2. The molecule has 1 aliphatic rings. The summed E-state index contributed by atoms with van der Waals surface area (Å²) in [6.07, 6.45) is 0.0862. The number of rotatable bonds is 6. The number of nitrogens with one attached hydrogen (secondary N) is 1. The lowest BCUT2D eigenvalue weighted by Crippen LogP contribution is -2.26. The Labute approximate surface area is 166 Å². The van der Waals surface area contributed by atoms with E-state index in [0.717, 1.165) is 16.7 Å². The van der Waals surface area contributed by atoms with Crippen LogP contribution in [0.2, 0.25) is 0 Å². The maximum atomic E-state index is 12.4. The summed E-state index contributed by atoms with van der Waals surface area (Å²) in [5, 5.41) is 2.05. The maximum absolute atomic E-state index is 12.4. The van der Waals surface area contributed by atoms with Gasteiger partial charge in [-0.25, -0.2) is 4.79 Å². The summed E-state index contributed by atoms with van der Waals surface area (Å²) in [5.41, 5.74) is 0.850. The Hall–Kier alpha value is -3.13. The van der Waals surface area contributed by atoms with Crippen LogP contribution in [-0.4, -0.2) is 47.5 Å². The van der Waals surface area contributed by atoms with Gasteiger partial charge in [0.25, 0.3) is 5.91 Å². The maximum Gasteiger partial charge on any atom is 0.339 e. The zero-order valence-electron chi connectivity index (χ0n) is 15.1. The molecule has 1 aliphatic heterocycles. The van der Waals surface area contributed by atoms with Crippen molar-refractivity contribution in [3.63, 3.8) is 0 Å². The van der Waals surface area contributed by atoms with Gasteiger partial charge < -0.3 is 10.1 Å². The molecular weight excluding hydrogens is 380 g/mol. The van der Waals surface area contributed by atoms with Crippen molar-refractivity contribution in [3.8, 4) is 0 Å². The van der Waals surface area contributed by atoms with Gasteiger partial charge in [0.05, 0.1) is 10.8 Å². The summed E-state index contributed by atoms with van der Waals surface area (Å²) >= 11 is 1.15. The summed E-state index contributed by atoms with van der Waals surface area (Å²) in [6, 6.07) is 15.5. The van der Waals surface area contributed by atoms with Crippen LogP contribution in [0, 0.1) is 0 Å². The van der Waals surface area contributed by atoms with E-state index in [1.165, 1.54) is 7.05 Å². The number of hydrogen-bond acceptors (Lipinski definition) is 6. The molecule has 1 atom stereocenters. The SMILES string of the molecule is CN1C(=O)CC(Sc2ccccc2C(=O)OCC(=O)Nc2ccccc2)C1=O. The van der Waals surface area contributed by atoms with Crippen LogP contribution in [0.4, 0.5) is 5.69 Å². The molecule has 1 unspecified atom stereocenters. The third-order valence-corrected chi connectivity index (χ3v) is 5.37. The van der Waals surface area contributed by atoms with E-state index < -0.39 is 23.7 Å². The number of para-hydroxylation sites is 1. The van der Waals surface area contributed by atoms with Gasteiger partial charge in [0.1, 0.15) is 0 Å². The molecular formula is C20H18N2O5S. The van der Waals surface area contributed by atoms with Gasteiger partial charge >= 0.3 is 5.97 Å². The Morgan fingerprint density at radius 1 is 1.11 bits per heavy atom. The molecule has 2 aromatic rings. The van der Waals surface area contributed by atoms with Gasteiger partial charge in [-0.2, -0.15) is 0 Å². The monoisotopic (exact) mass is 398 g/mol. The van der Waals surface area contributed by atoms with Crippen LogP contribution in [0.3, 0.4) is 0 Å². The fraction of sp³-hybridized carbons (Fsp3) is 0.200. The van der Waals surface area contributed by atoms with E-state index in [1.54, 1.807) is 48.5 Å². The number of carbonyl (C=O) groups excluding carboxylic acids is 4. The van der Waals surface area contributed by atoms with Gasteiger partial charge in [-0.3, -0.25) is 19.3 Å². The molecule has 0 aliphatic carbocycles. The van der Waals surface area contributed by atoms with Crippen molar-refractivity contribution in [2.24, 2.45) is 0 Å². The summed E-state index contributed by atoms with van der Waals surface area (Å²) in [5.74, 6) is -1.67. The number of likely N-dealkylation sites (tertiary alicyclic amines) is 1. The van der Waals surface area contributed by atoms with Crippen LogP contribution in [0.15, 0.2) is 59.5 Å². The Bertz CT molecular complexity index is 916. The summed E-state index contributed by atoms with van der Waals surface area (Å²) < 4.78 is 5.11. The average Bonchev–Trinajstić information content (AvgIpc) is 2.94. The molecule has 3 rings (SSSR count). The van der Waals surface area contributed by atoms with Crippen molar-refractivity contribution in [3.05, 3.63) is 60.2 Å². The number of carbonyl (C=O) groups is 4. The molecule has 1 heterocycles. The minimum Gasteiger partial charge on any atom is -0.452 e. The van der Waals surface area contributed by atoms with Gasteiger partial charge in [-0.1, -0.05) is 30.3 Å². The number of ether oxygens (including phenoxy) is 1. The minimum absolute atomic E-state index is 0.0862. The first-order chi connectivity index (χ1) is 13.5. The summed E-state index contributed by atoms with van der Waals surface area (Å²) in [6.45, 7) is -0.434. The number of amides is 3. The number of esters is 1. The van der Waals surface area contributed by atoms with Crippen molar-refractivity contribution >= 4 is 41.1 Å². The lowest BCUT2D eigenvalue weighted by molar-refractivity contribution is -0.136. The second-order valence-corrected chi connectivity index (χ2v) is 7.33. The normalized spacial score (nSPS) is 16.2. The third kappa shape index (κ3) is 4.58. The van der Waals surface area contributed by atoms with E-state index in [4.69, 9.17) is 4.74 Å². The van der Waals surface area contributed by atoms with E-state index >= 15 is 0 Å². The van der Waals surface area contributed by atoms with Crippen molar-refractivity contribution < 1.29 is 23.9 Å². The van der Waals surface area contributed by atoms with Crippen LogP contribution < -0.4 is 5.32 Å². The quantitative estimate of drug-likeness (QED) is 0.593. The highest BCUT2D eigenvalue weighted by Crippen LogP contribution is 2.33. The molecule has 1 fully saturated rings. The van der Waals surface area contributed by atoms with E-state index in [9.17, 15) is 19.2 Å². The second-order valence-electron chi connectivity index (χ2n) is 6.09. The number of hydrogen-bond donors (Lipinski definition) is 1. The Morgan fingerprint density at radius 3 is 2.46 bits per heavy atom. The van der Waals surface area contributed by atoms with E-state index in [1.807, 2.05) is 6.07 Å². The van der Waals surface area contributed by atoms with E-state index in [2.05, 4.69) is 5.32 Å². The van der Waals surface area contributed by atoms with Crippen LogP contribution >= 0.6 is 11.8 Å². The van der Waals surface area contributed by atoms with Crippen LogP contribution in [0.1, 0.15) is 16.8 Å². The first-order valence-electron chi connectivity index (χ1n) is 8.54. The molecule has 0 bridgehead atoms. The number of thioether (sulfide) groups is 1. The second kappa shape index (κ2) is 8.71. The Morgan fingerprint density at radius 2 is 1.79 bits per heavy atom. The molecule has 0 saturated carbocycles. The highest BCUT2D eigenvalue weighted by Gasteiger charge is 2.37. The standard InChI is InChI=1S/C20H18N2O5S/c1-22-18(24)11-16(19(22)25)28-15-10-6-5-9-14(15)20(26)27-12-17(23)21-13-7-3-2-4-8-13/h2-10,16H,11-12H2,1H3,(H,21,23). The smallest absolute Gasteiger partial charge is 0.339 e. The van der Waals surface area contributed by atoms with Crippen LogP contribution in [0.25, 0.3) is 0 Å². The largest absolute Gasteiger partial charge is 0.452 e. The average molecular weight is 398 g/mol. The number of imide groups is 1. The van der Waals surface area contributed by atoms with Crippen molar-refractivity contribution in [1.29, 1.82) is 0 Å².